The highest BCUT2D eigenvalue weighted by molar-refractivity contribution is 5.86. The predicted molar refractivity (Wildman–Crippen MR) is 112 cm³/mol. The average molecular weight is 452 g/mol. The van der Waals surface area contributed by atoms with E-state index in [9.17, 15) is 29.1 Å². The van der Waals surface area contributed by atoms with Gasteiger partial charge in [0.15, 0.2) is 0 Å². The van der Waals surface area contributed by atoms with Crippen molar-refractivity contribution in [2.45, 2.75) is 50.7 Å². The fourth-order valence-corrected chi connectivity index (χ4v) is 2.66. The third-order valence-corrected chi connectivity index (χ3v) is 4.35. The van der Waals surface area contributed by atoms with Crippen molar-refractivity contribution in [3.63, 3.8) is 0 Å². The van der Waals surface area contributed by atoms with Crippen molar-refractivity contribution in [2.24, 2.45) is 0 Å². The van der Waals surface area contributed by atoms with Crippen LogP contribution in [0.3, 0.4) is 0 Å². The van der Waals surface area contributed by atoms with E-state index in [-0.39, 0.29) is 18.9 Å². The molecule has 0 heterocycles. The molecule has 0 aliphatic rings. The number of hydrogen-bond acceptors (Lipinski definition) is 5. The summed E-state index contributed by atoms with van der Waals surface area (Å²) in [5.74, 6) is -3.94. The highest BCUT2D eigenvalue weighted by Gasteiger charge is 2.24. The predicted octanol–water partition coefficient (Wildman–Crippen LogP) is 0.727. The van der Waals surface area contributed by atoms with Gasteiger partial charge in [-0.2, -0.15) is 0 Å². The lowest BCUT2D eigenvalue weighted by Gasteiger charge is -2.18. The molecule has 0 aliphatic heterocycles. The molecule has 2 atom stereocenters. The average Bonchev–Trinajstić information content (AvgIpc) is 2.74. The summed E-state index contributed by atoms with van der Waals surface area (Å²) < 4.78 is 0. The van der Waals surface area contributed by atoms with E-state index in [4.69, 9.17) is 10.2 Å². The van der Waals surface area contributed by atoms with Gasteiger partial charge in [0.2, 0.25) is 0 Å². The van der Waals surface area contributed by atoms with E-state index in [1.165, 1.54) is 0 Å². The number of amides is 4. The number of carbonyl (C=O) groups is 5. The molecular weight excluding hydrogens is 424 g/mol. The molecule has 12 nitrogen and oxygen atoms in total. The highest BCUT2D eigenvalue weighted by atomic mass is 16.4. The Kier molecular flexibility index (Phi) is 11.6. The Labute approximate surface area is 184 Å². The van der Waals surface area contributed by atoms with Crippen LogP contribution in [0, 0.1) is 0 Å². The number of urea groups is 2. The van der Waals surface area contributed by atoms with Crippen molar-refractivity contribution < 1.29 is 39.3 Å². The van der Waals surface area contributed by atoms with Crippen LogP contribution < -0.4 is 21.3 Å². The van der Waals surface area contributed by atoms with Gasteiger partial charge in [-0.25, -0.2) is 19.2 Å². The molecule has 4 amide bonds. The third-order valence-electron chi connectivity index (χ3n) is 4.35. The van der Waals surface area contributed by atoms with Gasteiger partial charge in [0, 0.05) is 19.5 Å². The quantitative estimate of drug-likeness (QED) is 0.201. The number of benzene rings is 1. The minimum absolute atomic E-state index is 0.0585. The minimum Gasteiger partial charge on any atom is -0.481 e. The molecule has 0 aliphatic carbocycles. The molecule has 0 saturated carbocycles. The smallest absolute Gasteiger partial charge is 0.326 e. The number of carboxylic acid groups (broad SMARTS) is 3. The van der Waals surface area contributed by atoms with Crippen LogP contribution in [0.1, 0.15) is 37.7 Å². The van der Waals surface area contributed by atoms with E-state index in [1.54, 1.807) is 0 Å². The summed E-state index contributed by atoms with van der Waals surface area (Å²) in [4.78, 5) is 56.7. The minimum atomic E-state index is -1.46. The Morgan fingerprint density at radius 3 is 1.91 bits per heavy atom. The highest BCUT2D eigenvalue weighted by Crippen LogP contribution is 2.03. The number of hydrogen-bond donors (Lipinski definition) is 7. The Bertz CT molecular complexity index is 787. The lowest BCUT2D eigenvalue weighted by atomic mass is 10.1. The van der Waals surface area contributed by atoms with E-state index in [0.717, 1.165) is 5.56 Å². The fourth-order valence-electron chi connectivity index (χ4n) is 2.66. The molecule has 0 radical (unpaired) electrons. The maximum absolute atomic E-state index is 11.9. The zero-order valence-electron chi connectivity index (χ0n) is 17.4. The molecule has 12 heteroatoms. The molecule has 176 valence electrons. The Hall–Kier alpha value is -3.83. The van der Waals surface area contributed by atoms with Crippen molar-refractivity contribution in [1.29, 1.82) is 0 Å². The van der Waals surface area contributed by atoms with Crippen molar-refractivity contribution in [3.8, 4) is 0 Å². The van der Waals surface area contributed by atoms with Crippen molar-refractivity contribution >= 4 is 30.0 Å². The van der Waals surface area contributed by atoms with Gasteiger partial charge in [-0.15, -0.1) is 0 Å². The normalized spacial score (nSPS) is 12.1. The monoisotopic (exact) mass is 452 g/mol. The summed E-state index contributed by atoms with van der Waals surface area (Å²) in [6, 6.07) is 5.24. The van der Waals surface area contributed by atoms with E-state index in [0.29, 0.717) is 25.9 Å². The van der Waals surface area contributed by atoms with E-state index < -0.39 is 42.4 Å². The lowest BCUT2D eigenvalue weighted by Crippen LogP contribution is -2.51. The number of unbranched alkanes of at least 4 members (excludes halogenated alkanes) is 1. The van der Waals surface area contributed by atoms with Gasteiger partial charge in [0.1, 0.15) is 12.1 Å². The second-order valence-electron chi connectivity index (χ2n) is 6.92. The summed E-state index contributed by atoms with van der Waals surface area (Å²) in [5, 5.41) is 36.5. The van der Waals surface area contributed by atoms with Crippen LogP contribution in [-0.4, -0.2) is 63.9 Å². The topological polar surface area (TPSA) is 194 Å². The van der Waals surface area contributed by atoms with Crippen LogP contribution in [0.15, 0.2) is 30.3 Å². The Balaban J connectivity index is 2.31. The summed E-state index contributed by atoms with van der Waals surface area (Å²) in [7, 11) is 0. The zero-order valence-corrected chi connectivity index (χ0v) is 17.4. The fraction of sp³-hybridized carbons (Fsp3) is 0.450. The van der Waals surface area contributed by atoms with Gasteiger partial charge < -0.3 is 36.6 Å². The standard InChI is InChI=1S/C20H28N4O8/c25-16(26)10-9-15(18(29)30)24-20(32)23-14(17(27)28)8-4-5-11-21-19(31)22-12-13-6-2-1-3-7-13/h1-3,6-7,14-15H,4-5,8-12H2,(H,25,26)(H,27,28)(H,29,30)(H2,21,22,31)(H2,23,24,32)/t14-,15-/m0/s1. The zero-order chi connectivity index (χ0) is 23.9. The third kappa shape index (κ3) is 11.4. The molecule has 32 heavy (non-hydrogen) atoms. The molecule has 0 aromatic heterocycles. The number of nitrogens with one attached hydrogen (secondary N) is 4. The molecule has 0 spiro atoms. The van der Waals surface area contributed by atoms with Gasteiger partial charge in [-0.05, 0) is 31.2 Å². The van der Waals surface area contributed by atoms with Crippen molar-refractivity contribution in [2.75, 3.05) is 6.54 Å². The molecular formula is C20H28N4O8. The summed E-state index contributed by atoms with van der Waals surface area (Å²) >= 11 is 0. The maximum Gasteiger partial charge on any atom is 0.326 e. The molecule has 1 aromatic rings. The second kappa shape index (κ2) is 14.2. The molecule has 7 N–H and O–H groups in total. The first-order chi connectivity index (χ1) is 15.2. The number of carbonyl (C=O) groups excluding carboxylic acids is 2. The largest absolute Gasteiger partial charge is 0.481 e. The lowest BCUT2D eigenvalue weighted by molar-refractivity contribution is -0.140. The van der Waals surface area contributed by atoms with Crippen LogP contribution in [0.2, 0.25) is 0 Å². The van der Waals surface area contributed by atoms with Crippen LogP contribution >= 0.6 is 0 Å². The van der Waals surface area contributed by atoms with Crippen LogP contribution in [0.4, 0.5) is 9.59 Å². The first-order valence-electron chi connectivity index (χ1n) is 9.99. The molecule has 0 saturated heterocycles. The first kappa shape index (κ1) is 26.2. The maximum atomic E-state index is 11.9. The number of carboxylic acids is 3. The summed E-state index contributed by atoms with van der Waals surface area (Å²) in [6.07, 6.45) is 0.0854. The molecule has 0 unspecified atom stereocenters. The summed E-state index contributed by atoms with van der Waals surface area (Å²) in [6.45, 7) is 0.673. The van der Waals surface area contributed by atoms with Gasteiger partial charge in [0.25, 0.3) is 0 Å². The van der Waals surface area contributed by atoms with E-state index in [2.05, 4.69) is 21.3 Å². The van der Waals surface area contributed by atoms with Gasteiger partial charge in [0.05, 0.1) is 0 Å². The molecule has 0 bridgehead atoms. The van der Waals surface area contributed by atoms with E-state index >= 15 is 0 Å². The van der Waals surface area contributed by atoms with Crippen molar-refractivity contribution in [3.05, 3.63) is 35.9 Å². The van der Waals surface area contributed by atoms with Crippen LogP contribution in [-0.2, 0) is 20.9 Å². The van der Waals surface area contributed by atoms with Crippen LogP contribution in [0.5, 0.6) is 0 Å². The van der Waals surface area contributed by atoms with Gasteiger partial charge in [-0.1, -0.05) is 30.3 Å². The van der Waals surface area contributed by atoms with Crippen LogP contribution in [0.25, 0.3) is 0 Å². The molecule has 0 fully saturated rings. The molecule has 1 aromatic carbocycles. The van der Waals surface area contributed by atoms with E-state index in [1.807, 2.05) is 30.3 Å². The first-order valence-corrected chi connectivity index (χ1v) is 9.99. The Morgan fingerprint density at radius 2 is 1.34 bits per heavy atom. The summed E-state index contributed by atoms with van der Waals surface area (Å²) in [5.41, 5.74) is 0.949. The number of rotatable bonds is 14. The van der Waals surface area contributed by atoms with Crippen molar-refractivity contribution in [1.82, 2.24) is 21.3 Å². The Morgan fingerprint density at radius 1 is 0.750 bits per heavy atom. The SMILES string of the molecule is O=C(O)CC[C@H](NC(=O)N[C@@H](CCCCNC(=O)NCc1ccccc1)C(=O)O)C(=O)O. The van der Waals surface area contributed by atoms with Gasteiger partial charge in [-0.3, -0.25) is 4.79 Å². The number of aliphatic carboxylic acids is 3. The molecule has 1 rings (SSSR count). The second-order valence-corrected chi connectivity index (χ2v) is 6.92. The van der Waals surface area contributed by atoms with Gasteiger partial charge >= 0.3 is 30.0 Å².